The summed E-state index contributed by atoms with van der Waals surface area (Å²) in [6, 6.07) is 6.40. The van der Waals surface area contributed by atoms with Crippen LogP contribution in [-0.2, 0) is 14.3 Å². The molecule has 0 spiro atoms. The Morgan fingerprint density at radius 1 is 1.31 bits per heavy atom. The first-order valence-electron chi connectivity index (χ1n) is 10.4. The predicted molar refractivity (Wildman–Crippen MR) is 116 cm³/mol. The number of aliphatic hydroxyl groups is 1. The number of nitrogens with one attached hydrogen (secondary N) is 1. The zero-order valence-electron chi connectivity index (χ0n) is 18.4. The van der Waals surface area contributed by atoms with Crippen LogP contribution in [-0.4, -0.2) is 71.6 Å². The Morgan fingerprint density at radius 3 is 2.59 bits per heavy atom. The van der Waals surface area contributed by atoms with Gasteiger partial charge in [0.25, 0.3) is 0 Å². The molecule has 3 rings (SSSR count). The van der Waals surface area contributed by atoms with Crippen LogP contribution in [0.15, 0.2) is 42.2 Å². The maximum absolute atomic E-state index is 14.9. The number of likely N-dealkylation sites (N-methyl/N-ethyl adjacent to an activating group) is 1. The molecule has 0 aromatic heterocycles. The first-order chi connectivity index (χ1) is 15.2. The van der Waals surface area contributed by atoms with Crippen molar-refractivity contribution in [3.05, 3.63) is 53.4 Å². The summed E-state index contributed by atoms with van der Waals surface area (Å²) >= 11 is 0. The van der Waals surface area contributed by atoms with Crippen LogP contribution in [0.5, 0.6) is 0 Å². The molecule has 1 aliphatic heterocycles. The minimum Gasteiger partial charge on any atom is -0.442 e. The van der Waals surface area contributed by atoms with Crippen molar-refractivity contribution in [2.75, 3.05) is 26.7 Å². The highest BCUT2D eigenvalue weighted by molar-refractivity contribution is 5.78. The number of nitrogens with zero attached hydrogens (tertiary/aromatic N) is 2. The average Bonchev–Trinajstić information content (AvgIpc) is 3.12. The van der Waals surface area contributed by atoms with Crippen molar-refractivity contribution in [1.82, 2.24) is 15.1 Å². The number of carbonyl (C=O) groups is 3. The summed E-state index contributed by atoms with van der Waals surface area (Å²) in [5, 5.41) is 12.9. The number of halogens is 1. The van der Waals surface area contributed by atoms with E-state index in [0.29, 0.717) is 16.7 Å². The minimum absolute atomic E-state index is 0.0293. The minimum atomic E-state index is -0.838. The topological polar surface area (TPSA) is 99.2 Å². The Labute approximate surface area is 186 Å². The van der Waals surface area contributed by atoms with Crippen LogP contribution in [0.1, 0.15) is 37.5 Å². The molecule has 8 nitrogen and oxygen atoms in total. The van der Waals surface area contributed by atoms with Crippen molar-refractivity contribution in [3.8, 4) is 0 Å². The molecule has 0 radical (unpaired) electrons. The molecule has 1 heterocycles. The molecule has 2 N–H and O–H groups in total. The van der Waals surface area contributed by atoms with E-state index in [1.807, 2.05) is 0 Å². The number of ether oxygens (including phenoxy) is 1. The molecule has 2 aliphatic rings. The molecule has 9 heteroatoms. The first-order valence-corrected chi connectivity index (χ1v) is 10.4. The van der Waals surface area contributed by atoms with E-state index in [2.05, 4.69) is 5.32 Å². The van der Waals surface area contributed by atoms with Crippen molar-refractivity contribution >= 4 is 23.5 Å². The highest BCUT2D eigenvalue weighted by Crippen LogP contribution is 2.32. The van der Waals surface area contributed by atoms with E-state index in [4.69, 9.17) is 4.74 Å². The normalized spacial score (nSPS) is 21.4. The van der Waals surface area contributed by atoms with Crippen LogP contribution >= 0.6 is 0 Å². The average molecular weight is 445 g/mol. The molecule has 32 heavy (non-hydrogen) atoms. The molecule has 1 aliphatic carbocycles. The molecule has 0 bridgehead atoms. The van der Waals surface area contributed by atoms with E-state index in [0.717, 1.165) is 0 Å². The molecule has 1 saturated heterocycles. The van der Waals surface area contributed by atoms with Crippen molar-refractivity contribution < 1.29 is 28.6 Å². The summed E-state index contributed by atoms with van der Waals surface area (Å²) in [5.74, 6) is -0.696. The Hall–Kier alpha value is -3.20. The molecule has 1 aromatic rings. The van der Waals surface area contributed by atoms with Gasteiger partial charge in [0, 0.05) is 32.9 Å². The van der Waals surface area contributed by atoms with Gasteiger partial charge in [-0.2, -0.15) is 0 Å². The summed E-state index contributed by atoms with van der Waals surface area (Å²) in [4.78, 5) is 37.5. The van der Waals surface area contributed by atoms with Crippen LogP contribution in [0, 0.1) is 0 Å². The zero-order chi connectivity index (χ0) is 23.4. The number of aliphatic hydroxyl groups excluding tert-OH is 1. The lowest BCUT2D eigenvalue weighted by atomic mass is 9.94. The third-order valence-electron chi connectivity index (χ3n) is 5.64. The summed E-state index contributed by atoms with van der Waals surface area (Å²) in [7, 11) is 1.61. The zero-order valence-corrected chi connectivity index (χ0v) is 18.4. The standard InChI is InChI=1S/C23H28FN3O5/c1-14(28)25-11-19-12-27(23(31)32-19)18-8-9-20(21(24)10-18)16-4-6-17(7-5-16)22(30)13-26(3)15(2)29/h4-9,18-19,22,30H,10-13H2,1-3H3,(H,25,28)/t18?,19-,22+/m0/s1. The third kappa shape index (κ3) is 5.53. The Bertz CT molecular complexity index is 943. The van der Waals surface area contributed by atoms with E-state index in [1.54, 1.807) is 43.5 Å². The fourth-order valence-electron chi connectivity index (χ4n) is 3.68. The number of benzene rings is 1. The highest BCUT2D eigenvalue weighted by atomic mass is 19.1. The van der Waals surface area contributed by atoms with Gasteiger partial charge in [-0.1, -0.05) is 36.4 Å². The second-order valence-electron chi connectivity index (χ2n) is 8.08. The molecule has 172 valence electrons. The van der Waals surface area contributed by atoms with Gasteiger partial charge >= 0.3 is 6.09 Å². The second-order valence-corrected chi connectivity index (χ2v) is 8.08. The lowest BCUT2D eigenvalue weighted by molar-refractivity contribution is -0.128. The van der Waals surface area contributed by atoms with Crippen LogP contribution in [0.3, 0.4) is 0 Å². The second kappa shape index (κ2) is 9.95. The van der Waals surface area contributed by atoms with E-state index < -0.39 is 24.3 Å². The monoisotopic (exact) mass is 445 g/mol. The third-order valence-corrected chi connectivity index (χ3v) is 5.64. The van der Waals surface area contributed by atoms with Gasteiger partial charge in [0.2, 0.25) is 11.8 Å². The van der Waals surface area contributed by atoms with Gasteiger partial charge in [0.05, 0.1) is 31.8 Å². The molecule has 0 saturated carbocycles. The van der Waals surface area contributed by atoms with Crippen molar-refractivity contribution in [1.29, 1.82) is 0 Å². The number of amides is 3. The summed E-state index contributed by atoms with van der Waals surface area (Å²) < 4.78 is 20.2. The lowest BCUT2D eigenvalue weighted by Crippen LogP contribution is -2.38. The molecule has 1 fully saturated rings. The van der Waals surface area contributed by atoms with Crippen molar-refractivity contribution in [3.63, 3.8) is 0 Å². The van der Waals surface area contributed by atoms with Crippen LogP contribution < -0.4 is 5.32 Å². The van der Waals surface area contributed by atoms with Gasteiger partial charge in [-0.15, -0.1) is 0 Å². The maximum atomic E-state index is 14.9. The number of hydrogen-bond acceptors (Lipinski definition) is 5. The Kier molecular flexibility index (Phi) is 7.29. The first kappa shape index (κ1) is 23.5. The smallest absolute Gasteiger partial charge is 0.410 e. The largest absolute Gasteiger partial charge is 0.442 e. The van der Waals surface area contributed by atoms with Gasteiger partial charge in [0.15, 0.2) is 0 Å². The quantitative estimate of drug-likeness (QED) is 0.670. The molecular formula is C23H28FN3O5. The number of allylic oxidation sites excluding steroid dienone is 2. The summed E-state index contributed by atoms with van der Waals surface area (Å²) in [5.41, 5.74) is 1.71. The van der Waals surface area contributed by atoms with E-state index >= 15 is 0 Å². The number of cyclic esters (lactones) is 1. The fourth-order valence-corrected chi connectivity index (χ4v) is 3.68. The number of hydrogen-bond donors (Lipinski definition) is 2. The van der Waals surface area contributed by atoms with E-state index in [1.165, 1.54) is 23.6 Å². The van der Waals surface area contributed by atoms with Crippen molar-refractivity contribution in [2.45, 2.75) is 38.5 Å². The number of rotatable bonds is 7. The van der Waals surface area contributed by atoms with Crippen molar-refractivity contribution in [2.24, 2.45) is 0 Å². The van der Waals surface area contributed by atoms with Gasteiger partial charge < -0.3 is 20.1 Å². The number of carbonyl (C=O) groups excluding carboxylic acids is 3. The molecule has 1 aromatic carbocycles. The van der Waals surface area contributed by atoms with E-state index in [-0.39, 0.29) is 43.7 Å². The Morgan fingerprint density at radius 2 is 2.00 bits per heavy atom. The fraction of sp³-hybridized carbons (Fsp3) is 0.435. The van der Waals surface area contributed by atoms with Crippen LogP contribution in [0.25, 0.3) is 5.57 Å². The predicted octanol–water partition coefficient (Wildman–Crippen LogP) is 2.16. The van der Waals surface area contributed by atoms with Crippen LogP contribution in [0.2, 0.25) is 0 Å². The Balaban J connectivity index is 1.63. The maximum Gasteiger partial charge on any atom is 0.410 e. The molecule has 3 amide bonds. The SMILES string of the molecule is CC(=O)NC[C@H]1CN(C2C=CC(c3ccc([C@H](O)CN(C)C(C)=O)cc3)=C(F)C2)C(=O)O1. The van der Waals surface area contributed by atoms with Gasteiger partial charge in [0.1, 0.15) is 11.9 Å². The molecule has 3 atom stereocenters. The molecular weight excluding hydrogens is 417 g/mol. The van der Waals surface area contributed by atoms with Crippen LogP contribution in [0.4, 0.5) is 9.18 Å². The highest BCUT2D eigenvalue weighted by Gasteiger charge is 2.36. The van der Waals surface area contributed by atoms with Gasteiger partial charge in [-0.25, -0.2) is 9.18 Å². The van der Waals surface area contributed by atoms with E-state index in [9.17, 15) is 23.9 Å². The summed E-state index contributed by atoms with van der Waals surface area (Å²) in [6.45, 7) is 3.48. The summed E-state index contributed by atoms with van der Waals surface area (Å²) in [6.07, 6.45) is 1.61. The van der Waals surface area contributed by atoms with Gasteiger partial charge in [-0.05, 0) is 11.1 Å². The lowest BCUT2D eigenvalue weighted by Gasteiger charge is -2.26. The molecule has 1 unspecified atom stereocenters. The van der Waals surface area contributed by atoms with Gasteiger partial charge in [-0.3, -0.25) is 14.5 Å².